The van der Waals surface area contributed by atoms with Gasteiger partial charge >= 0.3 is 0 Å². The van der Waals surface area contributed by atoms with Crippen LogP contribution in [0.2, 0.25) is 0 Å². The van der Waals surface area contributed by atoms with Gasteiger partial charge in [0.15, 0.2) is 4.67 Å². The number of furan rings is 1. The highest BCUT2D eigenvalue weighted by Crippen LogP contribution is 2.30. The largest absolute Gasteiger partial charge is 0.451 e. The minimum atomic E-state index is -0.729. The minimum Gasteiger partial charge on any atom is -0.451 e. The number of halogens is 2. The molecule has 0 saturated carbocycles. The van der Waals surface area contributed by atoms with Crippen LogP contribution in [0.1, 0.15) is 28.6 Å². The quantitative estimate of drug-likeness (QED) is 0.856. The smallest absolute Gasteiger partial charge is 0.169 e. The van der Waals surface area contributed by atoms with Crippen LogP contribution in [0, 0.1) is 13.8 Å². The summed E-state index contributed by atoms with van der Waals surface area (Å²) in [7, 11) is 0. The predicted octanol–water partition coefficient (Wildman–Crippen LogP) is 4.50. The molecule has 0 aliphatic rings. The zero-order chi connectivity index (χ0) is 12.6. The van der Waals surface area contributed by atoms with E-state index in [9.17, 15) is 5.11 Å². The first-order chi connectivity index (χ1) is 7.99. The zero-order valence-electron chi connectivity index (χ0n) is 9.50. The fourth-order valence-electron chi connectivity index (χ4n) is 1.73. The highest BCUT2D eigenvalue weighted by atomic mass is 79.9. The summed E-state index contributed by atoms with van der Waals surface area (Å²) < 4.78 is 7.05. The number of aliphatic hydroxyl groups is 1. The van der Waals surface area contributed by atoms with Crippen LogP contribution < -0.4 is 0 Å². The van der Waals surface area contributed by atoms with Gasteiger partial charge in [-0.3, -0.25) is 0 Å². The number of benzene rings is 1. The first kappa shape index (κ1) is 12.9. The molecule has 0 bridgehead atoms. The molecule has 1 N–H and O–H groups in total. The first-order valence-electron chi connectivity index (χ1n) is 5.19. The summed E-state index contributed by atoms with van der Waals surface area (Å²) in [6.07, 6.45) is -0.729. The first-order valence-corrected chi connectivity index (χ1v) is 6.77. The topological polar surface area (TPSA) is 33.4 Å². The Morgan fingerprint density at radius 3 is 2.41 bits per heavy atom. The lowest BCUT2D eigenvalue weighted by molar-refractivity contribution is 0.187. The van der Waals surface area contributed by atoms with E-state index in [4.69, 9.17) is 4.42 Å². The van der Waals surface area contributed by atoms with E-state index in [1.807, 2.05) is 26.0 Å². The van der Waals surface area contributed by atoms with Gasteiger partial charge in [0, 0.05) is 4.47 Å². The van der Waals surface area contributed by atoms with Gasteiger partial charge in [-0.05, 0) is 64.7 Å². The van der Waals surface area contributed by atoms with Gasteiger partial charge in [0.25, 0.3) is 0 Å². The molecule has 0 spiro atoms. The Labute approximate surface area is 117 Å². The monoisotopic (exact) mass is 358 g/mol. The summed E-state index contributed by atoms with van der Waals surface area (Å²) in [6, 6.07) is 7.53. The third-order valence-corrected chi connectivity index (χ3v) is 3.99. The molecule has 0 aliphatic carbocycles. The lowest BCUT2D eigenvalue weighted by Gasteiger charge is -2.13. The molecule has 1 atom stereocenters. The molecule has 4 heteroatoms. The maximum absolute atomic E-state index is 10.3. The van der Waals surface area contributed by atoms with E-state index in [0.29, 0.717) is 10.4 Å². The Kier molecular flexibility index (Phi) is 3.76. The summed E-state index contributed by atoms with van der Waals surface area (Å²) >= 11 is 6.71. The van der Waals surface area contributed by atoms with Gasteiger partial charge in [-0.2, -0.15) is 0 Å². The molecule has 2 aromatic rings. The van der Waals surface area contributed by atoms with Gasteiger partial charge in [-0.25, -0.2) is 0 Å². The summed E-state index contributed by atoms with van der Waals surface area (Å²) in [5.41, 5.74) is 2.99. The Morgan fingerprint density at radius 2 is 1.82 bits per heavy atom. The number of aryl methyl sites for hydroxylation is 2. The van der Waals surface area contributed by atoms with E-state index in [1.54, 1.807) is 12.1 Å². The molecule has 1 heterocycles. The third-order valence-electron chi connectivity index (χ3n) is 2.71. The van der Waals surface area contributed by atoms with Gasteiger partial charge in [0.2, 0.25) is 0 Å². The van der Waals surface area contributed by atoms with Crippen LogP contribution in [0.3, 0.4) is 0 Å². The van der Waals surface area contributed by atoms with Crippen LogP contribution >= 0.6 is 31.9 Å². The second kappa shape index (κ2) is 4.96. The Morgan fingerprint density at radius 1 is 1.12 bits per heavy atom. The van der Waals surface area contributed by atoms with Gasteiger partial charge in [0.1, 0.15) is 11.9 Å². The van der Waals surface area contributed by atoms with Gasteiger partial charge < -0.3 is 9.52 Å². The standard InChI is InChI=1S/C13H12Br2O2/c1-7-6-10(14)8(2)5-9(7)13(16)11-3-4-12(15)17-11/h3-6,13,16H,1-2H3. The lowest BCUT2D eigenvalue weighted by atomic mass is 9.99. The second-order valence-electron chi connectivity index (χ2n) is 4.00. The number of aliphatic hydroxyl groups excluding tert-OH is 1. The minimum absolute atomic E-state index is 0.543. The summed E-state index contributed by atoms with van der Waals surface area (Å²) in [5, 5.41) is 10.3. The maximum Gasteiger partial charge on any atom is 0.169 e. The van der Waals surface area contributed by atoms with Crippen molar-refractivity contribution in [3.05, 3.63) is 55.9 Å². The van der Waals surface area contributed by atoms with E-state index in [2.05, 4.69) is 31.9 Å². The molecule has 2 rings (SSSR count). The van der Waals surface area contributed by atoms with Crippen molar-refractivity contribution in [2.75, 3.05) is 0 Å². The second-order valence-corrected chi connectivity index (χ2v) is 5.64. The van der Waals surface area contributed by atoms with E-state index in [-0.39, 0.29) is 0 Å². The van der Waals surface area contributed by atoms with Crippen LogP contribution in [0.5, 0.6) is 0 Å². The summed E-state index contributed by atoms with van der Waals surface area (Å²) in [4.78, 5) is 0. The van der Waals surface area contributed by atoms with Crippen LogP contribution in [0.4, 0.5) is 0 Å². The third kappa shape index (κ3) is 2.64. The fourth-order valence-corrected chi connectivity index (χ4v) is 2.50. The molecule has 1 aromatic heterocycles. The van der Waals surface area contributed by atoms with Crippen molar-refractivity contribution in [3.63, 3.8) is 0 Å². The van der Waals surface area contributed by atoms with Crippen LogP contribution in [-0.4, -0.2) is 5.11 Å². The van der Waals surface area contributed by atoms with Gasteiger partial charge in [-0.15, -0.1) is 0 Å². The molecule has 0 radical (unpaired) electrons. The fraction of sp³-hybridized carbons (Fsp3) is 0.231. The molecule has 1 unspecified atom stereocenters. The van der Waals surface area contributed by atoms with Crippen LogP contribution in [0.25, 0.3) is 0 Å². The maximum atomic E-state index is 10.3. The molecular weight excluding hydrogens is 348 g/mol. The van der Waals surface area contributed by atoms with E-state index < -0.39 is 6.10 Å². The SMILES string of the molecule is Cc1cc(C(O)c2ccc(Br)o2)c(C)cc1Br. The molecule has 17 heavy (non-hydrogen) atoms. The molecule has 0 saturated heterocycles. The molecular formula is C13H12Br2O2. The molecule has 0 fully saturated rings. The summed E-state index contributed by atoms with van der Waals surface area (Å²) in [6.45, 7) is 3.97. The van der Waals surface area contributed by atoms with Gasteiger partial charge in [-0.1, -0.05) is 22.0 Å². The van der Waals surface area contributed by atoms with E-state index in [0.717, 1.165) is 21.2 Å². The van der Waals surface area contributed by atoms with Crippen molar-refractivity contribution in [2.45, 2.75) is 20.0 Å². The van der Waals surface area contributed by atoms with Crippen LogP contribution in [0.15, 0.2) is 37.8 Å². The average Bonchev–Trinajstić information content (AvgIpc) is 2.69. The van der Waals surface area contributed by atoms with Crippen molar-refractivity contribution in [1.29, 1.82) is 0 Å². The molecule has 0 aliphatic heterocycles. The number of rotatable bonds is 2. The van der Waals surface area contributed by atoms with E-state index in [1.165, 1.54) is 0 Å². The highest BCUT2D eigenvalue weighted by molar-refractivity contribution is 9.10. The summed E-state index contributed by atoms with van der Waals surface area (Å²) in [5.74, 6) is 0.543. The normalized spacial score (nSPS) is 12.8. The highest BCUT2D eigenvalue weighted by Gasteiger charge is 2.17. The Balaban J connectivity index is 2.43. The molecule has 90 valence electrons. The van der Waals surface area contributed by atoms with E-state index >= 15 is 0 Å². The number of hydrogen-bond acceptors (Lipinski definition) is 2. The molecule has 2 nitrogen and oxygen atoms in total. The Hall–Kier alpha value is -0.580. The van der Waals surface area contributed by atoms with Crippen molar-refractivity contribution >= 4 is 31.9 Å². The van der Waals surface area contributed by atoms with Crippen molar-refractivity contribution < 1.29 is 9.52 Å². The van der Waals surface area contributed by atoms with Gasteiger partial charge in [0.05, 0.1) is 0 Å². The van der Waals surface area contributed by atoms with Crippen LogP contribution in [-0.2, 0) is 0 Å². The number of hydrogen-bond donors (Lipinski definition) is 1. The zero-order valence-corrected chi connectivity index (χ0v) is 12.7. The molecule has 1 aromatic carbocycles. The van der Waals surface area contributed by atoms with Crippen molar-refractivity contribution in [1.82, 2.24) is 0 Å². The molecule has 0 amide bonds. The Bertz CT molecular complexity index is 546. The van der Waals surface area contributed by atoms with Crippen molar-refractivity contribution in [3.8, 4) is 0 Å². The van der Waals surface area contributed by atoms with Crippen molar-refractivity contribution in [2.24, 2.45) is 0 Å². The average molecular weight is 360 g/mol. The predicted molar refractivity (Wildman–Crippen MR) is 74.1 cm³/mol. The lowest BCUT2D eigenvalue weighted by Crippen LogP contribution is -2.01.